The van der Waals surface area contributed by atoms with E-state index >= 15 is 0 Å². The molecule has 0 radical (unpaired) electrons. The van der Waals surface area contributed by atoms with Crippen LogP contribution in [0.1, 0.15) is 19.4 Å². The second-order valence-corrected chi connectivity index (χ2v) is 9.39. The first-order chi connectivity index (χ1) is 14.8. The summed E-state index contributed by atoms with van der Waals surface area (Å²) in [4.78, 5) is 42.2. The summed E-state index contributed by atoms with van der Waals surface area (Å²) in [5.41, 5.74) is 2.02. The number of halogens is 1. The van der Waals surface area contributed by atoms with E-state index in [0.717, 1.165) is 11.8 Å². The number of anilines is 2. The van der Waals surface area contributed by atoms with Gasteiger partial charge in [0.25, 0.3) is 11.8 Å². The van der Waals surface area contributed by atoms with E-state index in [1.807, 2.05) is 13.8 Å². The van der Waals surface area contributed by atoms with Gasteiger partial charge >= 0.3 is 0 Å². The fourth-order valence-electron chi connectivity index (χ4n) is 3.54. The number of hydrogen-bond donors (Lipinski definition) is 1. The highest BCUT2D eigenvalue weighted by Crippen LogP contribution is 2.44. The predicted molar refractivity (Wildman–Crippen MR) is 128 cm³/mol. The van der Waals surface area contributed by atoms with Gasteiger partial charge in [0, 0.05) is 22.3 Å². The molecule has 2 aliphatic rings. The van der Waals surface area contributed by atoms with Crippen LogP contribution >= 0.6 is 35.6 Å². The summed E-state index contributed by atoms with van der Waals surface area (Å²) in [5.74, 6) is -1.05. The van der Waals surface area contributed by atoms with Crippen LogP contribution in [0.3, 0.4) is 0 Å². The Kier molecular flexibility index (Phi) is 5.88. The van der Waals surface area contributed by atoms with Crippen molar-refractivity contribution in [1.82, 2.24) is 4.90 Å². The monoisotopic (exact) mass is 471 g/mol. The van der Waals surface area contributed by atoms with Gasteiger partial charge < -0.3 is 5.32 Å². The number of hydrogen-bond acceptors (Lipinski definition) is 5. The van der Waals surface area contributed by atoms with Crippen molar-refractivity contribution in [2.24, 2.45) is 0 Å². The molecule has 6 nitrogen and oxygen atoms in total. The van der Waals surface area contributed by atoms with E-state index in [1.165, 1.54) is 9.80 Å². The molecule has 0 atom stereocenters. The van der Waals surface area contributed by atoms with Crippen molar-refractivity contribution < 1.29 is 14.4 Å². The van der Waals surface area contributed by atoms with Crippen LogP contribution in [0.15, 0.2) is 53.4 Å². The van der Waals surface area contributed by atoms with Crippen molar-refractivity contribution in [2.75, 3.05) is 16.8 Å². The van der Waals surface area contributed by atoms with Crippen molar-refractivity contribution in [3.05, 3.63) is 64.0 Å². The molecule has 0 saturated carbocycles. The molecule has 0 bridgehead atoms. The van der Waals surface area contributed by atoms with Crippen LogP contribution < -0.4 is 10.2 Å². The lowest BCUT2D eigenvalue weighted by Gasteiger charge is -2.18. The summed E-state index contributed by atoms with van der Waals surface area (Å²) in [6.07, 6.45) is 0. The Morgan fingerprint density at radius 2 is 1.87 bits per heavy atom. The number of nitrogens with one attached hydrogen (secondary N) is 1. The SMILES string of the molecule is CC(C)N1C(=O)C(=C2C(=O)N(CC(=O)Nc3cccc(Cl)c3)c3ccccc32)SC1=S. The first-order valence-corrected chi connectivity index (χ1v) is 11.1. The molecule has 2 aliphatic heterocycles. The zero-order valence-electron chi connectivity index (χ0n) is 16.7. The number of carbonyl (C=O) groups excluding carboxylic acids is 3. The Morgan fingerprint density at radius 3 is 2.55 bits per heavy atom. The van der Waals surface area contributed by atoms with Gasteiger partial charge in [-0.1, -0.05) is 59.8 Å². The van der Waals surface area contributed by atoms with E-state index in [0.29, 0.717) is 31.2 Å². The quantitative estimate of drug-likeness (QED) is 0.531. The third-order valence-corrected chi connectivity index (χ3v) is 6.51. The van der Waals surface area contributed by atoms with Crippen LogP contribution in [-0.4, -0.2) is 39.5 Å². The molecule has 1 saturated heterocycles. The Morgan fingerprint density at radius 1 is 1.13 bits per heavy atom. The van der Waals surface area contributed by atoms with Gasteiger partial charge in [0.05, 0.1) is 16.2 Å². The maximum atomic E-state index is 13.4. The molecule has 0 spiro atoms. The van der Waals surface area contributed by atoms with Crippen molar-refractivity contribution in [2.45, 2.75) is 19.9 Å². The molecule has 3 amide bonds. The van der Waals surface area contributed by atoms with Crippen LogP contribution in [0.2, 0.25) is 5.02 Å². The third kappa shape index (κ3) is 3.98. The highest BCUT2D eigenvalue weighted by atomic mass is 35.5. The lowest BCUT2D eigenvalue weighted by atomic mass is 10.1. The summed E-state index contributed by atoms with van der Waals surface area (Å²) in [6.45, 7) is 3.54. The summed E-state index contributed by atoms with van der Waals surface area (Å²) in [6, 6.07) is 13.8. The number of fused-ring (bicyclic) bond motifs is 1. The normalized spacial score (nSPS) is 18.3. The van der Waals surface area contributed by atoms with Crippen LogP contribution in [0, 0.1) is 0 Å². The van der Waals surface area contributed by atoms with Gasteiger partial charge in [-0.05, 0) is 38.1 Å². The number of amides is 3. The molecule has 31 heavy (non-hydrogen) atoms. The van der Waals surface area contributed by atoms with Crippen molar-refractivity contribution >= 4 is 74.6 Å². The largest absolute Gasteiger partial charge is 0.324 e. The van der Waals surface area contributed by atoms with Gasteiger partial charge in [-0.2, -0.15) is 0 Å². The summed E-state index contributed by atoms with van der Waals surface area (Å²) in [7, 11) is 0. The van der Waals surface area contributed by atoms with E-state index < -0.39 is 5.91 Å². The number of thioether (sulfide) groups is 1. The van der Waals surface area contributed by atoms with E-state index in [2.05, 4.69) is 5.32 Å². The smallest absolute Gasteiger partial charge is 0.267 e. The summed E-state index contributed by atoms with van der Waals surface area (Å²) < 4.78 is 0.421. The molecule has 1 fully saturated rings. The number of carbonyl (C=O) groups is 3. The Balaban J connectivity index is 1.66. The maximum absolute atomic E-state index is 13.4. The standard InChI is InChI=1S/C22H18ClN3O3S2/c1-12(2)26-21(29)19(31-22(26)30)18-15-8-3-4-9-16(15)25(20(18)28)11-17(27)24-14-7-5-6-13(23)10-14/h3-10,12H,11H2,1-2H3,(H,24,27). The minimum absolute atomic E-state index is 0.114. The molecule has 0 aliphatic carbocycles. The predicted octanol–water partition coefficient (Wildman–Crippen LogP) is 4.31. The molecule has 2 heterocycles. The molecule has 1 N–H and O–H groups in total. The van der Waals surface area contributed by atoms with Crippen LogP contribution in [-0.2, 0) is 14.4 Å². The third-order valence-electron chi connectivity index (χ3n) is 4.88. The van der Waals surface area contributed by atoms with Gasteiger partial charge in [-0.3, -0.25) is 24.2 Å². The Hall–Kier alpha value is -2.68. The van der Waals surface area contributed by atoms with Gasteiger partial charge in [0.1, 0.15) is 10.9 Å². The van der Waals surface area contributed by atoms with Crippen LogP contribution in [0.25, 0.3) is 5.57 Å². The van der Waals surface area contributed by atoms with Crippen molar-refractivity contribution in [3.63, 3.8) is 0 Å². The first kappa shape index (κ1) is 21.5. The molecule has 2 aromatic rings. The minimum atomic E-state index is -0.397. The fourth-order valence-corrected chi connectivity index (χ4v) is 5.33. The lowest BCUT2D eigenvalue weighted by Crippen LogP contribution is -2.36. The Bertz CT molecular complexity index is 1160. The summed E-state index contributed by atoms with van der Waals surface area (Å²) in [5, 5.41) is 3.24. The van der Waals surface area contributed by atoms with Gasteiger partial charge in [0.15, 0.2) is 0 Å². The molecule has 158 valence electrons. The second-order valence-electron chi connectivity index (χ2n) is 7.31. The molecule has 4 rings (SSSR count). The Labute approximate surface area is 194 Å². The average Bonchev–Trinajstić information content (AvgIpc) is 3.14. The number of nitrogens with zero attached hydrogens (tertiary/aromatic N) is 2. The van der Waals surface area contributed by atoms with Crippen LogP contribution in [0.4, 0.5) is 11.4 Å². The van der Waals surface area contributed by atoms with Crippen molar-refractivity contribution in [1.29, 1.82) is 0 Å². The highest BCUT2D eigenvalue weighted by Gasteiger charge is 2.43. The topological polar surface area (TPSA) is 69.7 Å². The summed E-state index contributed by atoms with van der Waals surface area (Å²) >= 11 is 12.5. The zero-order chi connectivity index (χ0) is 22.3. The number of rotatable bonds is 4. The second kappa shape index (κ2) is 8.45. The van der Waals surface area contributed by atoms with E-state index in [-0.39, 0.29) is 30.0 Å². The lowest BCUT2D eigenvalue weighted by molar-refractivity contribution is -0.123. The molecule has 9 heteroatoms. The molecular formula is C22H18ClN3O3S2. The van der Waals surface area contributed by atoms with E-state index in [4.69, 9.17) is 23.8 Å². The van der Waals surface area contributed by atoms with E-state index in [9.17, 15) is 14.4 Å². The van der Waals surface area contributed by atoms with Gasteiger partial charge in [0.2, 0.25) is 5.91 Å². The molecular weight excluding hydrogens is 454 g/mol. The van der Waals surface area contributed by atoms with E-state index in [1.54, 1.807) is 48.5 Å². The number of thiocarbonyl (C=S) groups is 1. The average molecular weight is 472 g/mol. The van der Waals surface area contributed by atoms with Crippen LogP contribution in [0.5, 0.6) is 0 Å². The van der Waals surface area contributed by atoms with Gasteiger partial charge in [-0.15, -0.1) is 0 Å². The molecule has 2 aromatic carbocycles. The first-order valence-electron chi connectivity index (χ1n) is 9.54. The maximum Gasteiger partial charge on any atom is 0.267 e. The molecule has 0 unspecified atom stereocenters. The van der Waals surface area contributed by atoms with Crippen molar-refractivity contribution in [3.8, 4) is 0 Å². The number of para-hydroxylation sites is 1. The zero-order valence-corrected chi connectivity index (χ0v) is 19.1. The fraction of sp³-hybridized carbons (Fsp3) is 0.182. The van der Waals surface area contributed by atoms with Gasteiger partial charge in [-0.25, -0.2) is 0 Å². The minimum Gasteiger partial charge on any atom is -0.324 e. The number of benzene rings is 2. The highest BCUT2D eigenvalue weighted by molar-refractivity contribution is 8.26. The molecule has 0 aromatic heterocycles.